The van der Waals surface area contributed by atoms with Gasteiger partial charge in [0.2, 0.25) is 0 Å². The fourth-order valence-corrected chi connectivity index (χ4v) is 2.33. The summed E-state index contributed by atoms with van der Waals surface area (Å²) >= 11 is 5.16. The van der Waals surface area contributed by atoms with E-state index in [-0.39, 0.29) is 11.7 Å². The van der Waals surface area contributed by atoms with Crippen molar-refractivity contribution >= 4 is 28.9 Å². The maximum absolute atomic E-state index is 12.0. The van der Waals surface area contributed by atoms with Gasteiger partial charge in [-0.3, -0.25) is 10.1 Å². The van der Waals surface area contributed by atoms with E-state index in [1.54, 1.807) is 43.5 Å². The first-order chi connectivity index (χ1) is 12.6. The molecule has 0 unspecified atom stereocenters. The molecule has 0 aromatic heterocycles. The number of anilines is 1. The number of ether oxygens (including phenoxy) is 4. The highest BCUT2D eigenvalue weighted by Crippen LogP contribution is 2.29. The lowest BCUT2D eigenvalue weighted by Gasteiger charge is -2.14. The standard InChI is InChI=1S/C18H20N2O5S/c1-22-12-8-9-14(23-2)13(10-12)19-18(26)20-17(21)11-25-16-7-5-4-6-15(16)24-3/h4-10H,11H2,1-3H3,(H2,19,20,21,26). The smallest absolute Gasteiger partial charge is 0.264 e. The lowest BCUT2D eigenvalue weighted by molar-refractivity contribution is -0.121. The number of methoxy groups -OCH3 is 3. The van der Waals surface area contributed by atoms with Gasteiger partial charge in [0.15, 0.2) is 23.2 Å². The number of amides is 1. The summed E-state index contributed by atoms with van der Waals surface area (Å²) in [4.78, 5) is 12.0. The van der Waals surface area contributed by atoms with Crippen LogP contribution in [-0.4, -0.2) is 39.0 Å². The van der Waals surface area contributed by atoms with E-state index in [0.717, 1.165) is 0 Å². The molecule has 0 fully saturated rings. The Hall–Kier alpha value is -3.00. The molecule has 0 aliphatic carbocycles. The van der Waals surface area contributed by atoms with Crippen LogP contribution in [0.1, 0.15) is 0 Å². The molecule has 2 aromatic carbocycles. The van der Waals surface area contributed by atoms with Gasteiger partial charge in [0.1, 0.15) is 11.5 Å². The maximum Gasteiger partial charge on any atom is 0.264 e. The van der Waals surface area contributed by atoms with E-state index in [2.05, 4.69) is 10.6 Å². The van der Waals surface area contributed by atoms with Crippen molar-refractivity contribution in [3.05, 3.63) is 42.5 Å². The molecule has 0 saturated carbocycles. The number of carbonyl (C=O) groups excluding carboxylic acids is 1. The first-order valence-corrected chi connectivity index (χ1v) is 8.07. The summed E-state index contributed by atoms with van der Waals surface area (Å²) in [5.41, 5.74) is 0.572. The summed E-state index contributed by atoms with van der Waals surface area (Å²) < 4.78 is 21.0. The normalized spacial score (nSPS) is 9.81. The zero-order valence-electron chi connectivity index (χ0n) is 14.7. The minimum absolute atomic E-state index is 0.116. The summed E-state index contributed by atoms with van der Waals surface area (Å²) in [6.45, 7) is -0.211. The molecule has 2 rings (SSSR count). The molecule has 7 nitrogen and oxygen atoms in total. The summed E-state index contributed by atoms with van der Waals surface area (Å²) in [5.74, 6) is 1.80. The van der Waals surface area contributed by atoms with Crippen LogP contribution >= 0.6 is 12.2 Å². The summed E-state index contributed by atoms with van der Waals surface area (Å²) in [7, 11) is 4.62. The second-order valence-corrected chi connectivity index (χ2v) is 5.42. The molecule has 0 atom stereocenters. The highest BCUT2D eigenvalue weighted by Gasteiger charge is 2.11. The van der Waals surface area contributed by atoms with Gasteiger partial charge in [-0.15, -0.1) is 0 Å². The van der Waals surface area contributed by atoms with E-state index in [1.165, 1.54) is 14.2 Å². The Bertz CT molecular complexity index is 782. The lowest BCUT2D eigenvalue weighted by atomic mass is 10.2. The van der Waals surface area contributed by atoms with Crippen LogP contribution in [0.4, 0.5) is 5.69 Å². The predicted octanol–water partition coefficient (Wildman–Crippen LogP) is 2.60. The number of nitrogens with one attached hydrogen (secondary N) is 2. The van der Waals surface area contributed by atoms with Crippen molar-refractivity contribution in [1.29, 1.82) is 0 Å². The molecule has 1 amide bonds. The third-order valence-electron chi connectivity index (χ3n) is 3.34. The van der Waals surface area contributed by atoms with Crippen molar-refractivity contribution in [3.63, 3.8) is 0 Å². The number of benzene rings is 2. The largest absolute Gasteiger partial charge is 0.497 e. The molecule has 2 N–H and O–H groups in total. The van der Waals surface area contributed by atoms with Crippen molar-refractivity contribution < 1.29 is 23.7 Å². The third-order valence-corrected chi connectivity index (χ3v) is 3.54. The van der Waals surface area contributed by atoms with E-state index in [1.807, 2.05) is 6.07 Å². The maximum atomic E-state index is 12.0. The average Bonchev–Trinajstić information content (AvgIpc) is 2.66. The van der Waals surface area contributed by atoms with Gasteiger partial charge < -0.3 is 24.3 Å². The van der Waals surface area contributed by atoms with Crippen molar-refractivity contribution in [2.24, 2.45) is 0 Å². The molecule has 0 bridgehead atoms. The van der Waals surface area contributed by atoms with Crippen molar-refractivity contribution in [2.75, 3.05) is 33.3 Å². The Balaban J connectivity index is 1.92. The molecule has 2 aromatic rings. The van der Waals surface area contributed by atoms with E-state index in [0.29, 0.717) is 28.7 Å². The summed E-state index contributed by atoms with van der Waals surface area (Å²) in [5, 5.41) is 5.56. The molecule has 0 aliphatic rings. The Morgan fingerprint density at radius 2 is 1.65 bits per heavy atom. The van der Waals surface area contributed by atoms with Crippen LogP contribution < -0.4 is 29.6 Å². The Morgan fingerprint density at radius 3 is 2.31 bits per heavy atom. The first kappa shape index (κ1) is 19.3. The van der Waals surface area contributed by atoms with Crippen LogP contribution in [0.2, 0.25) is 0 Å². The van der Waals surface area contributed by atoms with Crippen molar-refractivity contribution in [1.82, 2.24) is 5.32 Å². The van der Waals surface area contributed by atoms with Crippen LogP contribution in [0.5, 0.6) is 23.0 Å². The highest BCUT2D eigenvalue weighted by molar-refractivity contribution is 7.80. The molecule has 0 spiro atoms. The van der Waals surface area contributed by atoms with Crippen LogP contribution in [0.25, 0.3) is 0 Å². The van der Waals surface area contributed by atoms with Gasteiger partial charge in [-0.1, -0.05) is 12.1 Å². The molecule has 0 aliphatic heterocycles. The quantitative estimate of drug-likeness (QED) is 0.719. The monoisotopic (exact) mass is 376 g/mol. The fraction of sp³-hybridized carbons (Fsp3) is 0.222. The Morgan fingerprint density at radius 1 is 0.962 bits per heavy atom. The van der Waals surface area contributed by atoms with Gasteiger partial charge in [-0.05, 0) is 36.5 Å². The molecular weight excluding hydrogens is 356 g/mol. The van der Waals surface area contributed by atoms with E-state index in [9.17, 15) is 4.79 Å². The van der Waals surface area contributed by atoms with E-state index in [4.69, 9.17) is 31.2 Å². The minimum atomic E-state index is -0.407. The molecule has 138 valence electrons. The second-order valence-electron chi connectivity index (χ2n) is 5.01. The van der Waals surface area contributed by atoms with E-state index >= 15 is 0 Å². The van der Waals surface area contributed by atoms with Gasteiger partial charge in [0.25, 0.3) is 5.91 Å². The first-order valence-electron chi connectivity index (χ1n) is 7.66. The molecule has 8 heteroatoms. The number of hydrogen-bond acceptors (Lipinski definition) is 6. The number of hydrogen-bond donors (Lipinski definition) is 2. The third kappa shape index (κ3) is 5.25. The van der Waals surface area contributed by atoms with Crippen molar-refractivity contribution in [2.45, 2.75) is 0 Å². The zero-order valence-corrected chi connectivity index (χ0v) is 15.5. The number of rotatable bonds is 7. The van der Waals surface area contributed by atoms with Crippen LogP contribution in [0.3, 0.4) is 0 Å². The number of carbonyl (C=O) groups is 1. The van der Waals surface area contributed by atoms with Gasteiger partial charge in [-0.2, -0.15) is 0 Å². The highest BCUT2D eigenvalue weighted by atomic mass is 32.1. The van der Waals surface area contributed by atoms with Crippen LogP contribution in [0, 0.1) is 0 Å². The SMILES string of the molecule is COc1ccc(OC)c(NC(=S)NC(=O)COc2ccccc2OC)c1. The van der Waals surface area contributed by atoms with Gasteiger partial charge in [-0.25, -0.2) is 0 Å². The van der Waals surface area contributed by atoms with E-state index < -0.39 is 5.91 Å². The number of thiocarbonyl (C=S) groups is 1. The second kappa shape index (κ2) is 9.47. The number of para-hydroxylation sites is 2. The molecular formula is C18H20N2O5S. The minimum Gasteiger partial charge on any atom is -0.497 e. The lowest BCUT2D eigenvalue weighted by Crippen LogP contribution is -2.37. The van der Waals surface area contributed by atoms with Crippen LogP contribution in [-0.2, 0) is 4.79 Å². The Labute approximate surface area is 157 Å². The summed E-state index contributed by atoms with van der Waals surface area (Å²) in [6, 6.07) is 12.3. The summed E-state index contributed by atoms with van der Waals surface area (Å²) in [6.07, 6.45) is 0. The van der Waals surface area contributed by atoms with Crippen molar-refractivity contribution in [3.8, 4) is 23.0 Å². The average molecular weight is 376 g/mol. The van der Waals surface area contributed by atoms with Gasteiger partial charge in [0.05, 0.1) is 27.0 Å². The topological polar surface area (TPSA) is 78.1 Å². The molecule has 0 radical (unpaired) electrons. The predicted molar refractivity (Wildman–Crippen MR) is 102 cm³/mol. The molecule has 26 heavy (non-hydrogen) atoms. The van der Waals surface area contributed by atoms with Gasteiger partial charge in [0, 0.05) is 6.07 Å². The van der Waals surface area contributed by atoms with Crippen LogP contribution in [0.15, 0.2) is 42.5 Å². The molecule has 0 heterocycles. The fourth-order valence-electron chi connectivity index (χ4n) is 2.11. The Kier molecular flexibility index (Phi) is 7.04. The van der Waals surface area contributed by atoms with Gasteiger partial charge >= 0.3 is 0 Å². The zero-order chi connectivity index (χ0) is 18.9. The molecule has 0 saturated heterocycles.